The summed E-state index contributed by atoms with van der Waals surface area (Å²) in [5, 5.41) is 2.96. The fraction of sp³-hybridized carbons (Fsp3) is 0.923. The Bertz CT molecular complexity index is 279. The van der Waals surface area contributed by atoms with E-state index >= 15 is 0 Å². The standard InChI is InChI=1S/C13H24N2O3/c1-10-9-18-11(2)7-15(10)8-13(16)14-6-12-4-3-5-17-12/h10-12H,3-9H2,1-2H3,(H,14,16)/t10-,11+,12-/m0/s1. The molecule has 0 spiro atoms. The van der Waals surface area contributed by atoms with Crippen LogP contribution < -0.4 is 5.32 Å². The minimum Gasteiger partial charge on any atom is -0.376 e. The zero-order chi connectivity index (χ0) is 13.0. The van der Waals surface area contributed by atoms with Crippen molar-refractivity contribution in [3.63, 3.8) is 0 Å². The Balaban J connectivity index is 1.69. The van der Waals surface area contributed by atoms with Crippen molar-refractivity contribution in [2.75, 3.05) is 32.8 Å². The second kappa shape index (κ2) is 6.50. The summed E-state index contributed by atoms with van der Waals surface area (Å²) in [6.07, 6.45) is 2.60. The van der Waals surface area contributed by atoms with Crippen LogP contribution in [-0.2, 0) is 14.3 Å². The summed E-state index contributed by atoms with van der Waals surface area (Å²) >= 11 is 0. The van der Waals surface area contributed by atoms with Gasteiger partial charge in [0, 0.05) is 25.7 Å². The van der Waals surface area contributed by atoms with Crippen LogP contribution >= 0.6 is 0 Å². The first-order valence-electron chi connectivity index (χ1n) is 6.89. The molecule has 1 amide bonds. The van der Waals surface area contributed by atoms with Gasteiger partial charge in [-0.1, -0.05) is 0 Å². The average Bonchev–Trinajstić information content (AvgIpc) is 2.84. The summed E-state index contributed by atoms with van der Waals surface area (Å²) in [4.78, 5) is 14.1. The van der Waals surface area contributed by atoms with Crippen molar-refractivity contribution in [1.82, 2.24) is 10.2 Å². The van der Waals surface area contributed by atoms with Gasteiger partial charge in [0.2, 0.25) is 5.91 Å². The normalized spacial score (nSPS) is 33.6. The third-order valence-corrected chi connectivity index (χ3v) is 3.63. The number of hydrogen-bond acceptors (Lipinski definition) is 4. The Hall–Kier alpha value is -0.650. The second-order valence-electron chi connectivity index (χ2n) is 5.36. The van der Waals surface area contributed by atoms with Gasteiger partial charge in [-0.25, -0.2) is 0 Å². The predicted molar refractivity (Wildman–Crippen MR) is 68.4 cm³/mol. The highest BCUT2D eigenvalue weighted by atomic mass is 16.5. The Kier molecular flexibility index (Phi) is 4.97. The minimum atomic E-state index is 0.0893. The van der Waals surface area contributed by atoms with Crippen LogP contribution in [0.4, 0.5) is 0 Å². The molecule has 3 atom stereocenters. The van der Waals surface area contributed by atoms with Crippen LogP contribution in [0.15, 0.2) is 0 Å². The monoisotopic (exact) mass is 256 g/mol. The van der Waals surface area contributed by atoms with Gasteiger partial charge in [0.25, 0.3) is 0 Å². The van der Waals surface area contributed by atoms with Gasteiger partial charge in [-0.3, -0.25) is 9.69 Å². The van der Waals surface area contributed by atoms with E-state index in [-0.39, 0.29) is 18.1 Å². The van der Waals surface area contributed by atoms with E-state index in [2.05, 4.69) is 17.1 Å². The number of carbonyl (C=O) groups excluding carboxylic acids is 1. The highest BCUT2D eigenvalue weighted by molar-refractivity contribution is 5.78. The van der Waals surface area contributed by atoms with E-state index in [0.717, 1.165) is 26.0 Å². The second-order valence-corrected chi connectivity index (χ2v) is 5.36. The lowest BCUT2D eigenvalue weighted by Crippen LogP contribution is -2.51. The van der Waals surface area contributed by atoms with Crippen molar-refractivity contribution in [3.8, 4) is 0 Å². The lowest BCUT2D eigenvalue weighted by atomic mass is 10.2. The molecule has 2 saturated heterocycles. The number of morpholine rings is 1. The Morgan fingerprint density at radius 3 is 2.94 bits per heavy atom. The van der Waals surface area contributed by atoms with Gasteiger partial charge >= 0.3 is 0 Å². The first-order valence-corrected chi connectivity index (χ1v) is 6.89. The largest absolute Gasteiger partial charge is 0.376 e. The van der Waals surface area contributed by atoms with Crippen LogP contribution in [-0.4, -0.2) is 61.9 Å². The number of amides is 1. The molecule has 0 aromatic carbocycles. The maximum Gasteiger partial charge on any atom is 0.234 e. The molecule has 0 aromatic rings. The zero-order valence-corrected chi connectivity index (χ0v) is 11.4. The van der Waals surface area contributed by atoms with Crippen molar-refractivity contribution in [1.29, 1.82) is 0 Å². The Morgan fingerprint density at radius 2 is 2.22 bits per heavy atom. The number of carbonyl (C=O) groups is 1. The molecule has 1 N–H and O–H groups in total. The number of nitrogens with zero attached hydrogens (tertiary/aromatic N) is 1. The fourth-order valence-electron chi connectivity index (χ4n) is 2.47. The number of nitrogens with one attached hydrogen (secondary N) is 1. The van der Waals surface area contributed by atoms with Crippen LogP contribution in [0, 0.1) is 0 Å². The first kappa shape index (κ1) is 13.8. The molecular formula is C13H24N2O3. The van der Waals surface area contributed by atoms with E-state index in [1.54, 1.807) is 0 Å². The number of hydrogen-bond donors (Lipinski definition) is 1. The molecule has 5 heteroatoms. The van der Waals surface area contributed by atoms with Crippen molar-refractivity contribution < 1.29 is 14.3 Å². The van der Waals surface area contributed by atoms with Crippen LogP contribution in [0.25, 0.3) is 0 Å². The molecule has 0 unspecified atom stereocenters. The molecule has 2 aliphatic rings. The summed E-state index contributed by atoms with van der Waals surface area (Å²) in [5.74, 6) is 0.0893. The maximum absolute atomic E-state index is 11.9. The maximum atomic E-state index is 11.9. The summed E-state index contributed by atoms with van der Waals surface area (Å²) in [7, 11) is 0. The molecule has 2 heterocycles. The molecule has 0 bridgehead atoms. The molecule has 2 aliphatic heterocycles. The molecular weight excluding hydrogens is 232 g/mol. The Morgan fingerprint density at radius 1 is 1.39 bits per heavy atom. The summed E-state index contributed by atoms with van der Waals surface area (Å²) < 4.78 is 11.0. The van der Waals surface area contributed by atoms with Crippen LogP contribution in [0.3, 0.4) is 0 Å². The predicted octanol–water partition coefficient (Wildman–Crippen LogP) is 0.391. The SMILES string of the molecule is C[C@@H]1CN(CC(=O)NC[C@@H]2CCCO2)[C@@H](C)CO1. The van der Waals surface area contributed by atoms with Gasteiger partial charge in [0.15, 0.2) is 0 Å². The fourth-order valence-corrected chi connectivity index (χ4v) is 2.47. The molecule has 0 saturated carbocycles. The highest BCUT2D eigenvalue weighted by Crippen LogP contribution is 2.12. The van der Waals surface area contributed by atoms with Gasteiger partial charge < -0.3 is 14.8 Å². The Labute approximate surface area is 109 Å². The van der Waals surface area contributed by atoms with E-state index in [4.69, 9.17) is 9.47 Å². The van der Waals surface area contributed by atoms with Crippen molar-refractivity contribution in [2.45, 2.75) is 44.9 Å². The van der Waals surface area contributed by atoms with E-state index in [1.165, 1.54) is 0 Å². The average molecular weight is 256 g/mol. The summed E-state index contributed by atoms with van der Waals surface area (Å²) in [6.45, 7) is 7.62. The lowest BCUT2D eigenvalue weighted by molar-refractivity contribution is -0.126. The molecule has 18 heavy (non-hydrogen) atoms. The van der Waals surface area contributed by atoms with E-state index in [0.29, 0.717) is 25.7 Å². The van der Waals surface area contributed by atoms with Crippen molar-refractivity contribution in [2.24, 2.45) is 0 Å². The van der Waals surface area contributed by atoms with Crippen LogP contribution in [0.5, 0.6) is 0 Å². The van der Waals surface area contributed by atoms with E-state index < -0.39 is 0 Å². The molecule has 0 aliphatic carbocycles. The third kappa shape index (κ3) is 3.93. The van der Waals surface area contributed by atoms with E-state index in [9.17, 15) is 4.79 Å². The highest BCUT2D eigenvalue weighted by Gasteiger charge is 2.25. The topological polar surface area (TPSA) is 50.8 Å². The molecule has 2 fully saturated rings. The summed E-state index contributed by atoms with van der Waals surface area (Å²) in [5.41, 5.74) is 0. The molecule has 5 nitrogen and oxygen atoms in total. The van der Waals surface area contributed by atoms with Crippen LogP contribution in [0.1, 0.15) is 26.7 Å². The lowest BCUT2D eigenvalue weighted by Gasteiger charge is -2.36. The minimum absolute atomic E-state index is 0.0893. The third-order valence-electron chi connectivity index (χ3n) is 3.63. The van der Waals surface area contributed by atoms with Gasteiger partial charge in [-0.05, 0) is 26.7 Å². The molecule has 0 aromatic heterocycles. The van der Waals surface area contributed by atoms with Gasteiger partial charge in [-0.15, -0.1) is 0 Å². The van der Waals surface area contributed by atoms with Gasteiger partial charge in [-0.2, -0.15) is 0 Å². The van der Waals surface area contributed by atoms with Gasteiger partial charge in [0.05, 0.1) is 25.4 Å². The molecule has 0 radical (unpaired) electrons. The van der Waals surface area contributed by atoms with Gasteiger partial charge in [0.1, 0.15) is 0 Å². The first-order chi connectivity index (χ1) is 8.65. The van der Waals surface area contributed by atoms with Crippen molar-refractivity contribution >= 4 is 5.91 Å². The van der Waals surface area contributed by atoms with E-state index in [1.807, 2.05) is 6.92 Å². The summed E-state index contributed by atoms with van der Waals surface area (Å²) in [6, 6.07) is 0.315. The zero-order valence-electron chi connectivity index (χ0n) is 11.4. The quantitative estimate of drug-likeness (QED) is 0.790. The van der Waals surface area contributed by atoms with Crippen molar-refractivity contribution in [3.05, 3.63) is 0 Å². The molecule has 2 rings (SSSR count). The van der Waals surface area contributed by atoms with Crippen LogP contribution in [0.2, 0.25) is 0 Å². The number of ether oxygens (including phenoxy) is 2. The molecule has 104 valence electrons. The smallest absolute Gasteiger partial charge is 0.234 e. The number of rotatable bonds is 4.